The minimum absolute atomic E-state index is 0. The molecular formula is C13H21ClN2O2. The Bertz CT molecular complexity index is 355. The molecule has 3 N–H and O–H groups in total. The maximum atomic E-state index is 11.6. The van der Waals surface area contributed by atoms with E-state index in [0.29, 0.717) is 13.0 Å². The third-order valence-electron chi connectivity index (χ3n) is 2.56. The second-order valence-electron chi connectivity index (χ2n) is 3.96. The van der Waals surface area contributed by atoms with Crippen molar-refractivity contribution in [3.8, 4) is 5.75 Å². The molecule has 0 saturated heterocycles. The van der Waals surface area contributed by atoms with Crippen LogP contribution >= 0.6 is 12.4 Å². The Hall–Kier alpha value is -1.26. The molecule has 0 aliphatic heterocycles. The van der Waals surface area contributed by atoms with E-state index in [1.165, 1.54) is 0 Å². The molecule has 0 aliphatic carbocycles. The summed E-state index contributed by atoms with van der Waals surface area (Å²) in [5.41, 5.74) is 6.74. The van der Waals surface area contributed by atoms with Gasteiger partial charge in [-0.05, 0) is 24.1 Å². The van der Waals surface area contributed by atoms with Gasteiger partial charge in [-0.25, -0.2) is 0 Å². The predicted molar refractivity (Wildman–Crippen MR) is 75.0 cm³/mol. The van der Waals surface area contributed by atoms with Crippen molar-refractivity contribution in [3.05, 3.63) is 29.8 Å². The minimum Gasteiger partial charge on any atom is -0.497 e. The van der Waals surface area contributed by atoms with Crippen molar-refractivity contribution >= 4 is 18.3 Å². The molecule has 0 saturated carbocycles. The smallest absolute Gasteiger partial charge is 0.237 e. The van der Waals surface area contributed by atoms with Crippen molar-refractivity contribution in [3.63, 3.8) is 0 Å². The summed E-state index contributed by atoms with van der Waals surface area (Å²) in [5.74, 6) is 0.713. The molecule has 5 heteroatoms. The Kier molecular flexibility index (Phi) is 8.16. The van der Waals surface area contributed by atoms with Gasteiger partial charge in [0, 0.05) is 6.54 Å². The molecule has 1 atom stereocenters. The van der Waals surface area contributed by atoms with Gasteiger partial charge < -0.3 is 15.8 Å². The van der Waals surface area contributed by atoms with Crippen LogP contribution in [0.15, 0.2) is 24.3 Å². The van der Waals surface area contributed by atoms with Crippen LogP contribution in [0.2, 0.25) is 0 Å². The molecule has 1 rings (SSSR count). The van der Waals surface area contributed by atoms with Gasteiger partial charge in [0.25, 0.3) is 0 Å². The van der Waals surface area contributed by atoms with E-state index in [9.17, 15) is 4.79 Å². The molecule has 0 aromatic heterocycles. The lowest BCUT2D eigenvalue weighted by Crippen LogP contribution is -2.40. The molecule has 1 aromatic carbocycles. The zero-order chi connectivity index (χ0) is 12.7. The Morgan fingerprint density at radius 3 is 2.50 bits per heavy atom. The SMILES string of the molecule is CCCC(N)C(=O)NCc1ccc(OC)cc1.Cl. The van der Waals surface area contributed by atoms with Gasteiger partial charge >= 0.3 is 0 Å². The van der Waals surface area contributed by atoms with Crippen LogP contribution in [-0.2, 0) is 11.3 Å². The minimum atomic E-state index is -0.404. The molecule has 0 spiro atoms. The lowest BCUT2D eigenvalue weighted by molar-refractivity contribution is -0.122. The largest absolute Gasteiger partial charge is 0.497 e. The fraction of sp³-hybridized carbons (Fsp3) is 0.462. The van der Waals surface area contributed by atoms with Gasteiger partial charge in [-0.2, -0.15) is 0 Å². The summed E-state index contributed by atoms with van der Waals surface area (Å²) in [6.07, 6.45) is 1.63. The molecule has 0 radical (unpaired) electrons. The summed E-state index contributed by atoms with van der Waals surface area (Å²) in [6, 6.07) is 7.17. The number of carbonyl (C=O) groups excluding carboxylic acids is 1. The quantitative estimate of drug-likeness (QED) is 0.831. The average Bonchev–Trinajstić information content (AvgIpc) is 2.36. The van der Waals surface area contributed by atoms with E-state index in [1.807, 2.05) is 31.2 Å². The van der Waals surface area contributed by atoms with Gasteiger partial charge in [-0.15, -0.1) is 12.4 Å². The van der Waals surface area contributed by atoms with Crippen LogP contribution in [0.1, 0.15) is 25.3 Å². The van der Waals surface area contributed by atoms with Crippen LogP contribution in [0, 0.1) is 0 Å². The zero-order valence-corrected chi connectivity index (χ0v) is 11.6. The van der Waals surface area contributed by atoms with Gasteiger partial charge in [0.05, 0.1) is 13.2 Å². The first-order valence-corrected chi connectivity index (χ1v) is 5.83. The Morgan fingerprint density at radius 1 is 1.39 bits per heavy atom. The molecule has 1 aromatic rings. The van der Waals surface area contributed by atoms with Crippen molar-refractivity contribution in [1.29, 1.82) is 0 Å². The average molecular weight is 273 g/mol. The lowest BCUT2D eigenvalue weighted by atomic mass is 10.1. The fourth-order valence-corrected chi connectivity index (χ4v) is 1.51. The number of benzene rings is 1. The van der Waals surface area contributed by atoms with Crippen LogP contribution < -0.4 is 15.8 Å². The van der Waals surface area contributed by atoms with Crippen LogP contribution in [0.3, 0.4) is 0 Å². The summed E-state index contributed by atoms with van der Waals surface area (Å²) in [6.45, 7) is 2.51. The molecule has 0 aliphatic rings. The highest BCUT2D eigenvalue weighted by Gasteiger charge is 2.11. The zero-order valence-electron chi connectivity index (χ0n) is 10.8. The molecule has 1 unspecified atom stereocenters. The van der Waals surface area contributed by atoms with Crippen LogP contribution in [0.25, 0.3) is 0 Å². The van der Waals surface area contributed by atoms with E-state index in [-0.39, 0.29) is 18.3 Å². The van der Waals surface area contributed by atoms with Gasteiger partial charge in [0.15, 0.2) is 0 Å². The summed E-state index contributed by atoms with van der Waals surface area (Å²) < 4.78 is 5.06. The van der Waals surface area contributed by atoms with E-state index < -0.39 is 6.04 Å². The first kappa shape index (κ1) is 16.7. The molecule has 4 nitrogen and oxygen atoms in total. The van der Waals surface area contributed by atoms with Crippen LogP contribution in [0.4, 0.5) is 0 Å². The number of nitrogens with two attached hydrogens (primary N) is 1. The van der Waals surface area contributed by atoms with Crippen molar-refractivity contribution in [2.45, 2.75) is 32.4 Å². The Labute approximate surface area is 114 Å². The third kappa shape index (κ3) is 5.38. The third-order valence-corrected chi connectivity index (χ3v) is 2.56. The van der Waals surface area contributed by atoms with Gasteiger partial charge in [0.2, 0.25) is 5.91 Å². The maximum absolute atomic E-state index is 11.6. The number of halogens is 1. The van der Waals surface area contributed by atoms with Crippen molar-refractivity contribution in [2.75, 3.05) is 7.11 Å². The monoisotopic (exact) mass is 272 g/mol. The van der Waals surface area contributed by atoms with Crippen LogP contribution in [-0.4, -0.2) is 19.1 Å². The highest BCUT2D eigenvalue weighted by Crippen LogP contribution is 2.10. The summed E-state index contributed by atoms with van der Waals surface area (Å²) in [7, 11) is 1.63. The van der Waals surface area contributed by atoms with E-state index in [1.54, 1.807) is 7.11 Å². The van der Waals surface area contributed by atoms with E-state index in [4.69, 9.17) is 10.5 Å². The molecule has 102 valence electrons. The Morgan fingerprint density at radius 2 is 2.00 bits per heavy atom. The fourth-order valence-electron chi connectivity index (χ4n) is 1.51. The first-order valence-electron chi connectivity index (χ1n) is 5.83. The number of nitrogens with one attached hydrogen (secondary N) is 1. The van der Waals surface area contributed by atoms with Gasteiger partial charge in [-0.3, -0.25) is 4.79 Å². The number of ether oxygens (including phenoxy) is 1. The van der Waals surface area contributed by atoms with E-state index >= 15 is 0 Å². The maximum Gasteiger partial charge on any atom is 0.237 e. The predicted octanol–water partition coefficient (Wildman–Crippen LogP) is 1.86. The number of carbonyl (C=O) groups is 1. The normalized spacial score (nSPS) is 11.3. The molecule has 1 amide bonds. The van der Waals surface area contributed by atoms with Crippen molar-refractivity contribution < 1.29 is 9.53 Å². The highest BCUT2D eigenvalue weighted by molar-refractivity contribution is 5.85. The van der Waals surface area contributed by atoms with Gasteiger partial charge in [0.1, 0.15) is 5.75 Å². The van der Waals surface area contributed by atoms with Gasteiger partial charge in [-0.1, -0.05) is 25.5 Å². The molecule has 18 heavy (non-hydrogen) atoms. The Balaban J connectivity index is 0.00000289. The number of rotatable bonds is 6. The molecule has 0 fully saturated rings. The summed E-state index contributed by atoms with van der Waals surface area (Å²) >= 11 is 0. The number of amides is 1. The van der Waals surface area contributed by atoms with Crippen molar-refractivity contribution in [2.24, 2.45) is 5.73 Å². The first-order chi connectivity index (χ1) is 8.17. The van der Waals surface area contributed by atoms with Crippen LogP contribution in [0.5, 0.6) is 5.75 Å². The number of methoxy groups -OCH3 is 1. The second-order valence-corrected chi connectivity index (χ2v) is 3.96. The topological polar surface area (TPSA) is 64.4 Å². The second kappa shape index (κ2) is 8.78. The number of hydrogen-bond acceptors (Lipinski definition) is 3. The number of hydrogen-bond donors (Lipinski definition) is 2. The van der Waals surface area contributed by atoms with Crippen molar-refractivity contribution in [1.82, 2.24) is 5.32 Å². The highest BCUT2D eigenvalue weighted by atomic mass is 35.5. The standard InChI is InChI=1S/C13H20N2O2.ClH/c1-3-4-12(14)13(16)15-9-10-5-7-11(17-2)8-6-10;/h5-8,12H,3-4,9,14H2,1-2H3,(H,15,16);1H. The molecule has 0 bridgehead atoms. The van der Waals surface area contributed by atoms with E-state index in [0.717, 1.165) is 17.7 Å². The summed E-state index contributed by atoms with van der Waals surface area (Å²) in [4.78, 5) is 11.6. The van der Waals surface area contributed by atoms with E-state index in [2.05, 4.69) is 5.32 Å². The lowest BCUT2D eigenvalue weighted by Gasteiger charge is -2.11. The summed E-state index contributed by atoms with van der Waals surface area (Å²) in [5, 5.41) is 2.82. The molecular weight excluding hydrogens is 252 g/mol. The molecule has 0 heterocycles.